The van der Waals surface area contributed by atoms with Crippen molar-refractivity contribution in [2.24, 2.45) is 0 Å². The third kappa shape index (κ3) is 5.06. The van der Waals surface area contributed by atoms with Gasteiger partial charge in [0.25, 0.3) is 0 Å². The minimum absolute atomic E-state index is 0.0956. The van der Waals surface area contributed by atoms with Crippen molar-refractivity contribution in [2.75, 3.05) is 32.7 Å². The Morgan fingerprint density at radius 3 is 2.19 bits per heavy atom. The normalized spacial score (nSPS) is 17.0. The molecule has 0 aliphatic carbocycles. The SMILES string of the molecule is CC(C)N(C(=O)CN1CCN(S(=O)(=O)c2cccc(Br)c2)CC1)C(C)C. The lowest BCUT2D eigenvalue weighted by atomic mass is 10.2. The van der Waals surface area contributed by atoms with Crippen LogP contribution in [0.5, 0.6) is 0 Å². The smallest absolute Gasteiger partial charge is 0.243 e. The fourth-order valence-electron chi connectivity index (χ4n) is 3.35. The standard InChI is InChI=1S/C18H28BrN3O3S/c1-14(2)22(15(3)4)18(23)13-20-8-10-21(11-9-20)26(24,25)17-7-5-6-16(19)12-17/h5-7,12,14-15H,8-11,13H2,1-4H3. The molecule has 1 fully saturated rings. The Labute approximate surface area is 165 Å². The Morgan fingerprint density at radius 2 is 1.69 bits per heavy atom. The largest absolute Gasteiger partial charge is 0.337 e. The Hall–Kier alpha value is -0.960. The molecular weight excluding hydrogens is 418 g/mol. The van der Waals surface area contributed by atoms with Crippen LogP contribution in [0.1, 0.15) is 27.7 Å². The van der Waals surface area contributed by atoms with Crippen molar-refractivity contribution in [3.63, 3.8) is 0 Å². The van der Waals surface area contributed by atoms with Gasteiger partial charge in [0.05, 0.1) is 11.4 Å². The molecule has 0 bridgehead atoms. The quantitative estimate of drug-likeness (QED) is 0.674. The molecule has 0 saturated carbocycles. The second kappa shape index (κ2) is 8.82. The molecular formula is C18H28BrN3O3S. The molecule has 0 unspecified atom stereocenters. The molecule has 1 aliphatic heterocycles. The van der Waals surface area contributed by atoms with E-state index in [2.05, 4.69) is 15.9 Å². The third-order valence-corrected chi connectivity index (χ3v) is 6.91. The monoisotopic (exact) mass is 445 g/mol. The van der Waals surface area contributed by atoms with Gasteiger partial charge < -0.3 is 4.90 Å². The molecule has 1 aromatic carbocycles. The summed E-state index contributed by atoms with van der Waals surface area (Å²) in [4.78, 5) is 16.8. The highest BCUT2D eigenvalue weighted by Gasteiger charge is 2.30. The van der Waals surface area contributed by atoms with Crippen molar-refractivity contribution in [1.29, 1.82) is 0 Å². The van der Waals surface area contributed by atoms with Gasteiger partial charge >= 0.3 is 0 Å². The van der Waals surface area contributed by atoms with E-state index in [0.29, 0.717) is 37.6 Å². The first-order valence-corrected chi connectivity index (χ1v) is 11.2. The van der Waals surface area contributed by atoms with E-state index >= 15 is 0 Å². The highest BCUT2D eigenvalue weighted by atomic mass is 79.9. The molecule has 1 heterocycles. The van der Waals surface area contributed by atoms with Gasteiger partial charge in [-0.3, -0.25) is 9.69 Å². The minimum Gasteiger partial charge on any atom is -0.337 e. The molecule has 1 aliphatic rings. The van der Waals surface area contributed by atoms with E-state index in [4.69, 9.17) is 0 Å². The Kier molecular flexibility index (Phi) is 7.24. The number of piperazine rings is 1. The lowest BCUT2D eigenvalue weighted by Gasteiger charge is -2.36. The fourth-order valence-corrected chi connectivity index (χ4v) is 5.37. The fraction of sp³-hybridized carbons (Fsp3) is 0.611. The molecule has 6 nitrogen and oxygen atoms in total. The van der Waals surface area contributed by atoms with Crippen LogP contribution in [-0.2, 0) is 14.8 Å². The van der Waals surface area contributed by atoms with Gasteiger partial charge in [-0.15, -0.1) is 0 Å². The Balaban J connectivity index is 1.98. The van der Waals surface area contributed by atoms with Crippen molar-refractivity contribution in [3.05, 3.63) is 28.7 Å². The minimum atomic E-state index is -3.50. The number of carbonyl (C=O) groups excluding carboxylic acids is 1. The van der Waals surface area contributed by atoms with Gasteiger partial charge in [0.2, 0.25) is 15.9 Å². The Morgan fingerprint density at radius 1 is 1.12 bits per heavy atom. The summed E-state index contributed by atoms with van der Waals surface area (Å²) in [5.74, 6) is 0.0956. The average molecular weight is 446 g/mol. The van der Waals surface area contributed by atoms with E-state index in [1.165, 1.54) is 4.31 Å². The van der Waals surface area contributed by atoms with Crippen LogP contribution in [0, 0.1) is 0 Å². The summed E-state index contributed by atoms with van der Waals surface area (Å²) in [6.07, 6.45) is 0. The summed E-state index contributed by atoms with van der Waals surface area (Å²) >= 11 is 3.32. The summed E-state index contributed by atoms with van der Waals surface area (Å²) in [6, 6.07) is 7.06. The first-order valence-electron chi connectivity index (χ1n) is 8.92. The Bertz CT molecular complexity index is 721. The third-order valence-electron chi connectivity index (χ3n) is 4.52. The van der Waals surface area contributed by atoms with Crippen LogP contribution in [0.2, 0.25) is 0 Å². The van der Waals surface area contributed by atoms with E-state index in [-0.39, 0.29) is 18.0 Å². The van der Waals surface area contributed by atoms with Gasteiger partial charge in [-0.2, -0.15) is 4.31 Å². The number of rotatable bonds is 6. The number of halogens is 1. The molecule has 2 rings (SSSR count). The number of sulfonamides is 1. The van der Waals surface area contributed by atoms with E-state index in [1.54, 1.807) is 24.3 Å². The molecule has 0 atom stereocenters. The van der Waals surface area contributed by atoms with Crippen LogP contribution in [0.3, 0.4) is 0 Å². The molecule has 0 N–H and O–H groups in total. The maximum Gasteiger partial charge on any atom is 0.243 e. The second-order valence-electron chi connectivity index (χ2n) is 7.13. The summed E-state index contributed by atoms with van der Waals surface area (Å²) in [7, 11) is -3.50. The first-order chi connectivity index (χ1) is 12.1. The molecule has 1 saturated heterocycles. The zero-order chi connectivity index (χ0) is 19.5. The topological polar surface area (TPSA) is 60.9 Å². The predicted molar refractivity (Wildman–Crippen MR) is 106 cm³/mol. The molecule has 0 radical (unpaired) electrons. The maximum absolute atomic E-state index is 12.8. The molecule has 1 aromatic rings. The summed E-state index contributed by atoms with van der Waals surface area (Å²) in [5, 5.41) is 0. The molecule has 0 spiro atoms. The highest BCUT2D eigenvalue weighted by molar-refractivity contribution is 9.10. The van der Waals surface area contributed by atoms with Crippen LogP contribution < -0.4 is 0 Å². The van der Waals surface area contributed by atoms with E-state index in [1.807, 2.05) is 37.5 Å². The second-order valence-corrected chi connectivity index (χ2v) is 9.98. The van der Waals surface area contributed by atoms with Crippen molar-refractivity contribution in [2.45, 2.75) is 44.7 Å². The zero-order valence-electron chi connectivity index (χ0n) is 15.9. The predicted octanol–water partition coefficient (Wildman–Crippen LogP) is 2.40. The number of benzene rings is 1. The van der Waals surface area contributed by atoms with Crippen molar-refractivity contribution < 1.29 is 13.2 Å². The molecule has 1 amide bonds. The number of carbonyl (C=O) groups is 1. The van der Waals surface area contributed by atoms with Gasteiger partial charge in [-0.05, 0) is 45.9 Å². The zero-order valence-corrected chi connectivity index (χ0v) is 18.3. The number of hydrogen-bond acceptors (Lipinski definition) is 4. The van der Waals surface area contributed by atoms with Crippen molar-refractivity contribution in [1.82, 2.24) is 14.1 Å². The first kappa shape index (κ1) is 21.3. The summed E-state index contributed by atoms with van der Waals surface area (Å²) in [5.41, 5.74) is 0. The number of amides is 1. The molecule has 26 heavy (non-hydrogen) atoms. The highest BCUT2D eigenvalue weighted by Crippen LogP contribution is 2.21. The molecule has 8 heteroatoms. The number of nitrogens with zero attached hydrogens (tertiary/aromatic N) is 3. The van der Waals surface area contributed by atoms with Gasteiger partial charge in [-0.1, -0.05) is 22.0 Å². The van der Waals surface area contributed by atoms with Crippen LogP contribution in [0.4, 0.5) is 0 Å². The van der Waals surface area contributed by atoms with Gasteiger partial charge in [0, 0.05) is 42.7 Å². The van der Waals surface area contributed by atoms with Crippen molar-refractivity contribution >= 4 is 31.9 Å². The van der Waals surface area contributed by atoms with E-state index in [0.717, 1.165) is 4.47 Å². The van der Waals surface area contributed by atoms with Crippen LogP contribution in [-0.4, -0.2) is 73.2 Å². The molecule has 146 valence electrons. The van der Waals surface area contributed by atoms with E-state index in [9.17, 15) is 13.2 Å². The lowest BCUT2D eigenvalue weighted by Crippen LogP contribution is -2.53. The lowest BCUT2D eigenvalue weighted by molar-refractivity contribution is -0.136. The van der Waals surface area contributed by atoms with Gasteiger partial charge in [0.15, 0.2) is 0 Å². The van der Waals surface area contributed by atoms with Crippen LogP contribution in [0.25, 0.3) is 0 Å². The maximum atomic E-state index is 12.8. The van der Waals surface area contributed by atoms with Crippen LogP contribution in [0.15, 0.2) is 33.6 Å². The van der Waals surface area contributed by atoms with Gasteiger partial charge in [0.1, 0.15) is 0 Å². The van der Waals surface area contributed by atoms with Crippen molar-refractivity contribution in [3.8, 4) is 0 Å². The van der Waals surface area contributed by atoms with Gasteiger partial charge in [-0.25, -0.2) is 8.42 Å². The van der Waals surface area contributed by atoms with Crippen LogP contribution >= 0.6 is 15.9 Å². The summed E-state index contributed by atoms with van der Waals surface area (Å²) in [6.45, 7) is 10.3. The number of hydrogen-bond donors (Lipinski definition) is 0. The average Bonchev–Trinajstić information content (AvgIpc) is 2.54. The van der Waals surface area contributed by atoms with E-state index < -0.39 is 10.0 Å². The summed E-state index contributed by atoms with van der Waals surface area (Å²) < 4.78 is 27.8. The molecule has 0 aromatic heterocycles.